The Morgan fingerprint density at radius 1 is 1.32 bits per heavy atom. The minimum absolute atomic E-state index is 0.0392. The van der Waals surface area contributed by atoms with E-state index in [1.54, 1.807) is 17.9 Å². The number of hydrogen-bond donors (Lipinski definition) is 1. The lowest BCUT2D eigenvalue weighted by Gasteiger charge is -2.29. The Hall–Kier alpha value is -1.89. The Morgan fingerprint density at radius 2 is 1.91 bits per heavy atom. The van der Waals surface area contributed by atoms with E-state index in [4.69, 9.17) is 5.11 Å². The zero-order valence-corrected chi connectivity index (χ0v) is 13.3. The molecule has 1 atom stereocenters. The van der Waals surface area contributed by atoms with Crippen LogP contribution in [-0.2, 0) is 9.84 Å². The number of carboxylic acid groups (broad SMARTS) is 1. The highest BCUT2D eigenvalue weighted by atomic mass is 32.2. The molecular weight excluding hydrogens is 306 g/mol. The Labute approximate surface area is 129 Å². The lowest BCUT2D eigenvalue weighted by molar-refractivity contribution is 0.0692. The second-order valence-corrected chi connectivity index (χ2v) is 7.96. The normalized spacial score (nSPS) is 16.1. The highest BCUT2D eigenvalue weighted by Crippen LogP contribution is 2.30. The molecule has 1 unspecified atom stereocenters. The van der Waals surface area contributed by atoms with E-state index in [0.29, 0.717) is 0 Å². The molecule has 1 aromatic carbocycles. The first-order valence-corrected chi connectivity index (χ1v) is 9.09. The molecule has 0 heterocycles. The molecule has 7 heteroatoms. The number of benzene rings is 1. The third-order valence-corrected chi connectivity index (χ3v) is 4.64. The highest BCUT2D eigenvalue weighted by Gasteiger charge is 2.37. The van der Waals surface area contributed by atoms with E-state index in [1.807, 2.05) is 0 Å². The van der Waals surface area contributed by atoms with E-state index in [9.17, 15) is 18.0 Å². The number of amides is 1. The maximum atomic E-state index is 12.7. The van der Waals surface area contributed by atoms with Crippen molar-refractivity contribution < 1.29 is 23.1 Å². The Balaban J connectivity index is 2.27. The average molecular weight is 325 g/mol. The van der Waals surface area contributed by atoms with E-state index in [0.717, 1.165) is 19.1 Å². The molecule has 0 aliphatic heterocycles. The van der Waals surface area contributed by atoms with Gasteiger partial charge in [-0.3, -0.25) is 4.79 Å². The summed E-state index contributed by atoms with van der Waals surface area (Å²) in [5.41, 5.74) is 0.310. The van der Waals surface area contributed by atoms with Crippen molar-refractivity contribution in [2.75, 3.05) is 12.0 Å². The molecule has 1 fully saturated rings. The van der Waals surface area contributed by atoms with Crippen molar-refractivity contribution in [1.82, 2.24) is 4.90 Å². The molecule has 1 N–H and O–H groups in total. The van der Waals surface area contributed by atoms with Crippen molar-refractivity contribution in [2.24, 2.45) is 0 Å². The van der Waals surface area contributed by atoms with Crippen molar-refractivity contribution in [3.8, 4) is 0 Å². The Morgan fingerprint density at radius 3 is 2.41 bits per heavy atom. The minimum Gasteiger partial charge on any atom is -0.478 e. The molecule has 1 aliphatic rings. The first-order valence-electron chi connectivity index (χ1n) is 7.03. The van der Waals surface area contributed by atoms with Crippen LogP contribution in [0.2, 0.25) is 0 Å². The summed E-state index contributed by atoms with van der Waals surface area (Å²) in [5, 5.41) is 9.01. The van der Waals surface area contributed by atoms with Crippen LogP contribution in [0.1, 0.15) is 40.5 Å². The SMILES string of the molecule is CC(CS(C)(=O)=O)N(C(=O)c1cccc(C(=O)O)c1)C1CC1. The van der Waals surface area contributed by atoms with Crippen molar-refractivity contribution in [3.05, 3.63) is 35.4 Å². The van der Waals surface area contributed by atoms with Gasteiger partial charge in [0.25, 0.3) is 5.91 Å². The summed E-state index contributed by atoms with van der Waals surface area (Å²) in [6.45, 7) is 1.71. The first kappa shape index (κ1) is 16.5. The van der Waals surface area contributed by atoms with Crippen molar-refractivity contribution >= 4 is 21.7 Å². The summed E-state index contributed by atoms with van der Waals surface area (Å²) in [7, 11) is -3.20. The number of rotatable bonds is 6. The largest absolute Gasteiger partial charge is 0.478 e. The highest BCUT2D eigenvalue weighted by molar-refractivity contribution is 7.90. The standard InChI is InChI=1S/C15H19NO5S/c1-10(9-22(2,20)21)16(13-6-7-13)14(17)11-4-3-5-12(8-11)15(18)19/h3-5,8,10,13H,6-7,9H2,1-2H3,(H,18,19). The summed E-state index contributed by atoms with van der Waals surface area (Å²) >= 11 is 0. The molecule has 0 radical (unpaired) electrons. The van der Waals surface area contributed by atoms with Crippen molar-refractivity contribution in [1.29, 1.82) is 0 Å². The van der Waals surface area contributed by atoms with Gasteiger partial charge in [-0.2, -0.15) is 0 Å². The van der Waals surface area contributed by atoms with Crippen LogP contribution in [0.4, 0.5) is 0 Å². The van der Waals surface area contributed by atoms with E-state index < -0.39 is 21.8 Å². The molecule has 22 heavy (non-hydrogen) atoms. The number of sulfone groups is 1. The van der Waals surface area contributed by atoms with Gasteiger partial charge in [-0.25, -0.2) is 13.2 Å². The molecule has 0 saturated heterocycles. The maximum Gasteiger partial charge on any atom is 0.335 e. The van der Waals surface area contributed by atoms with Gasteiger partial charge < -0.3 is 10.0 Å². The second kappa shape index (κ2) is 6.08. The van der Waals surface area contributed by atoms with E-state index in [-0.39, 0.29) is 28.8 Å². The quantitative estimate of drug-likeness (QED) is 0.854. The van der Waals surface area contributed by atoms with E-state index in [1.165, 1.54) is 18.2 Å². The smallest absolute Gasteiger partial charge is 0.335 e. The van der Waals surface area contributed by atoms with Crippen LogP contribution in [0, 0.1) is 0 Å². The van der Waals surface area contributed by atoms with Gasteiger partial charge in [0.1, 0.15) is 9.84 Å². The van der Waals surface area contributed by atoms with Crippen LogP contribution >= 0.6 is 0 Å². The number of aromatic carboxylic acids is 1. The topological polar surface area (TPSA) is 91.8 Å². The second-order valence-electron chi connectivity index (χ2n) is 5.77. The Bertz CT molecular complexity index is 694. The lowest BCUT2D eigenvalue weighted by atomic mass is 10.1. The number of carbonyl (C=O) groups excluding carboxylic acids is 1. The predicted octanol–water partition coefficient (Wildman–Crippen LogP) is 1.42. The fourth-order valence-corrected chi connectivity index (χ4v) is 3.57. The van der Waals surface area contributed by atoms with Crippen molar-refractivity contribution in [3.63, 3.8) is 0 Å². The van der Waals surface area contributed by atoms with Crippen LogP contribution in [-0.4, -0.2) is 54.4 Å². The zero-order valence-electron chi connectivity index (χ0n) is 12.5. The van der Waals surface area contributed by atoms with Gasteiger partial charge in [0.2, 0.25) is 0 Å². The molecule has 1 aliphatic carbocycles. The van der Waals surface area contributed by atoms with Crippen LogP contribution < -0.4 is 0 Å². The average Bonchev–Trinajstić information content (AvgIpc) is 3.21. The van der Waals surface area contributed by atoms with Gasteiger partial charge in [0, 0.05) is 23.9 Å². The van der Waals surface area contributed by atoms with Crippen LogP contribution in [0.3, 0.4) is 0 Å². The summed E-state index contributed by atoms with van der Waals surface area (Å²) in [6.07, 6.45) is 2.83. The molecule has 1 amide bonds. The first-order chi connectivity index (χ1) is 10.2. The van der Waals surface area contributed by atoms with Crippen LogP contribution in [0.15, 0.2) is 24.3 Å². The van der Waals surface area contributed by atoms with Gasteiger partial charge in [-0.05, 0) is 38.0 Å². The molecular formula is C15H19NO5S. The molecule has 2 rings (SSSR count). The number of carboxylic acids is 1. The molecule has 120 valence electrons. The van der Waals surface area contributed by atoms with Gasteiger partial charge in [-0.1, -0.05) is 6.07 Å². The van der Waals surface area contributed by atoms with E-state index in [2.05, 4.69) is 0 Å². The van der Waals surface area contributed by atoms with Gasteiger partial charge in [0.05, 0.1) is 11.3 Å². The lowest BCUT2D eigenvalue weighted by Crippen LogP contribution is -2.43. The van der Waals surface area contributed by atoms with Crippen molar-refractivity contribution in [2.45, 2.75) is 31.8 Å². The molecule has 0 bridgehead atoms. The molecule has 6 nitrogen and oxygen atoms in total. The summed E-state index contributed by atoms with van der Waals surface area (Å²) in [5.74, 6) is -1.52. The molecule has 0 aromatic heterocycles. The third-order valence-electron chi connectivity index (χ3n) is 3.55. The Kier molecular flexibility index (Phi) is 4.55. The summed E-state index contributed by atoms with van der Waals surface area (Å²) in [4.78, 5) is 25.2. The van der Waals surface area contributed by atoms with Gasteiger partial charge in [0.15, 0.2) is 0 Å². The fraction of sp³-hybridized carbons (Fsp3) is 0.467. The monoisotopic (exact) mass is 325 g/mol. The zero-order chi connectivity index (χ0) is 16.5. The third kappa shape index (κ3) is 4.07. The molecule has 1 saturated carbocycles. The van der Waals surface area contributed by atoms with Gasteiger partial charge >= 0.3 is 5.97 Å². The number of hydrogen-bond acceptors (Lipinski definition) is 4. The predicted molar refractivity (Wildman–Crippen MR) is 81.8 cm³/mol. The maximum absolute atomic E-state index is 12.7. The number of nitrogens with zero attached hydrogens (tertiary/aromatic N) is 1. The summed E-state index contributed by atoms with van der Waals surface area (Å²) in [6, 6.07) is 5.41. The molecule has 0 spiro atoms. The minimum atomic E-state index is -3.20. The summed E-state index contributed by atoms with van der Waals surface area (Å²) < 4.78 is 23.0. The fourth-order valence-electron chi connectivity index (χ4n) is 2.53. The van der Waals surface area contributed by atoms with Crippen LogP contribution in [0.5, 0.6) is 0 Å². The number of carbonyl (C=O) groups is 2. The van der Waals surface area contributed by atoms with Gasteiger partial charge in [-0.15, -0.1) is 0 Å². The van der Waals surface area contributed by atoms with Crippen LogP contribution in [0.25, 0.3) is 0 Å². The molecule has 1 aromatic rings. The van der Waals surface area contributed by atoms with E-state index >= 15 is 0 Å².